The van der Waals surface area contributed by atoms with E-state index in [9.17, 15) is 18.8 Å². The van der Waals surface area contributed by atoms with Gasteiger partial charge in [-0.05, 0) is 12.1 Å². The lowest BCUT2D eigenvalue weighted by Crippen LogP contribution is -2.51. The Morgan fingerprint density at radius 3 is 2.35 bits per heavy atom. The van der Waals surface area contributed by atoms with E-state index in [2.05, 4.69) is 0 Å². The van der Waals surface area contributed by atoms with Crippen LogP contribution in [0.2, 0.25) is 0 Å². The number of likely N-dealkylation sites (tertiary alicyclic amines) is 1. The van der Waals surface area contributed by atoms with Gasteiger partial charge < -0.3 is 4.90 Å². The maximum atomic E-state index is 14.0. The Bertz CT molecular complexity index is 765. The molecule has 0 saturated carbocycles. The molecule has 2 aliphatic heterocycles. The molecule has 0 unspecified atom stereocenters. The van der Waals surface area contributed by atoms with Crippen LogP contribution in [0.15, 0.2) is 18.2 Å². The fraction of sp³-hybridized carbons (Fsp3) is 0.444. The molecule has 2 fully saturated rings. The van der Waals surface area contributed by atoms with Gasteiger partial charge in [-0.15, -0.1) is 0 Å². The van der Waals surface area contributed by atoms with Gasteiger partial charge >= 0.3 is 0 Å². The van der Waals surface area contributed by atoms with E-state index in [-0.39, 0.29) is 42.7 Å². The summed E-state index contributed by atoms with van der Waals surface area (Å²) < 4.78 is 14.0. The molecule has 0 radical (unpaired) electrons. The normalized spacial score (nSPS) is 18.3. The first-order valence-corrected chi connectivity index (χ1v) is 8.50. The first-order chi connectivity index (χ1) is 12.5. The van der Waals surface area contributed by atoms with E-state index >= 15 is 0 Å². The number of imide groups is 1. The van der Waals surface area contributed by atoms with Crippen LogP contribution < -0.4 is 0 Å². The van der Waals surface area contributed by atoms with E-state index in [1.165, 1.54) is 6.07 Å². The molecule has 2 saturated heterocycles. The molecule has 0 N–H and O–H groups in total. The largest absolute Gasteiger partial charge is 0.339 e. The van der Waals surface area contributed by atoms with Crippen molar-refractivity contribution < 1.29 is 18.8 Å². The lowest BCUT2D eigenvalue weighted by Gasteiger charge is -2.35. The number of benzene rings is 1. The Kier molecular flexibility index (Phi) is 5.28. The third-order valence-corrected chi connectivity index (χ3v) is 4.75. The van der Waals surface area contributed by atoms with Crippen molar-refractivity contribution in [3.8, 4) is 6.07 Å². The van der Waals surface area contributed by atoms with Gasteiger partial charge in [0.05, 0.1) is 11.6 Å². The number of carbonyl (C=O) groups excluding carboxylic acids is 3. The van der Waals surface area contributed by atoms with Crippen LogP contribution in [0.5, 0.6) is 0 Å². The number of amides is 3. The molecule has 0 aromatic heterocycles. The van der Waals surface area contributed by atoms with Crippen molar-refractivity contribution in [3.63, 3.8) is 0 Å². The summed E-state index contributed by atoms with van der Waals surface area (Å²) in [5.74, 6) is -1.23. The highest BCUT2D eigenvalue weighted by molar-refractivity contribution is 6.04. The van der Waals surface area contributed by atoms with Crippen molar-refractivity contribution in [2.45, 2.75) is 19.4 Å². The van der Waals surface area contributed by atoms with Crippen molar-refractivity contribution in [2.24, 2.45) is 0 Å². The molecule has 2 heterocycles. The second-order valence-corrected chi connectivity index (χ2v) is 6.45. The quantitative estimate of drug-likeness (QED) is 0.732. The number of hydrogen-bond acceptors (Lipinski definition) is 5. The second kappa shape index (κ2) is 7.62. The standard InChI is InChI=1S/C18H19FN4O3/c19-15-9-13(10-20)1-2-14(15)11-21-5-7-22(8-6-21)18(26)12-23-16(24)3-4-17(23)25/h1-2,9H,3-8,11-12H2. The van der Waals surface area contributed by atoms with Gasteiger partial charge in [-0.2, -0.15) is 5.26 Å². The van der Waals surface area contributed by atoms with Gasteiger partial charge in [0.2, 0.25) is 17.7 Å². The molecular formula is C18H19FN4O3. The molecular weight excluding hydrogens is 339 g/mol. The highest BCUT2D eigenvalue weighted by Crippen LogP contribution is 2.15. The smallest absolute Gasteiger partial charge is 0.242 e. The second-order valence-electron chi connectivity index (χ2n) is 6.45. The summed E-state index contributed by atoms with van der Waals surface area (Å²) in [5.41, 5.74) is 0.796. The zero-order valence-electron chi connectivity index (χ0n) is 14.3. The number of nitrogens with zero attached hydrogens (tertiary/aromatic N) is 4. The van der Waals surface area contributed by atoms with Gasteiger partial charge in [-0.1, -0.05) is 6.07 Å². The summed E-state index contributed by atoms with van der Waals surface area (Å²) >= 11 is 0. The number of nitriles is 1. The number of rotatable bonds is 4. The zero-order chi connectivity index (χ0) is 18.7. The van der Waals surface area contributed by atoms with Crippen molar-refractivity contribution >= 4 is 17.7 Å². The molecule has 3 amide bonds. The van der Waals surface area contributed by atoms with Gasteiger partial charge in [0.1, 0.15) is 12.4 Å². The van der Waals surface area contributed by atoms with Crippen LogP contribution in [0.4, 0.5) is 4.39 Å². The average molecular weight is 358 g/mol. The highest BCUT2D eigenvalue weighted by atomic mass is 19.1. The monoisotopic (exact) mass is 358 g/mol. The molecule has 2 aliphatic rings. The predicted octanol–water partition coefficient (Wildman–Crippen LogP) is 0.491. The zero-order valence-corrected chi connectivity index (χ0v) is 14.3. The number of hydrogen-bond donors (Lipinski definition) is 0. The summed E-state index contributed by atoms with van der Waals surface area (Å²) in [6.07, 6.45) is 0.353. The molecule has 8 heteroatoms. The first kappa shape index (κ1) is 18.0. The molecule has 0 spiro atoms. The maximum Gasteiger partial charge on any atom is 0.242 e. The van der Waals surface area contributed by atoms with E-state index in [0.717, 1.165) is 4.90 Å². The van der Waals surface area contributed by atoms with Crippen molar-refractivity contribution in [2.75, 3.05) is 32.7 Å². The minimum Gasteiger partial charge on any atom is -0.339 e. The van der Waals surface area contributed by atoms with Crippen LogP contribution >= 0.6 is 0 Å². The lowest BCUT2D eigenvalue weighted by atomic mass is 10.1. The fourth-order valence-corrected chi connectivity index (χ4v) is 3.18. The van der Waals surface area contributed by atoms with Crippen LogP contribution in [0.3, 0.4) is 0 Å². The van der Waals surface area contributed by atoms with Crippen LogP contribution in [0, 0.1) is 17.1 Å². The molecule has 1 aromatic carbocycles. The minimum atomic E-state index is -0.409. The SMILES string of the molecule is N#Cc1ccc(CN2CCN(C(=O)CN3C(=O)CCC3=O)CC2)c(F)c1. The maximum absolute atomic E-state index is 14.0. The van der Waals surface area contributed by atoms with Gasteiger partial charge in [0.15, 0.2) is 0 Å². The third kappa shape index (κ3) is 3.89. The van der Waals surface area contributed by atoms with Gasteiger partial charge in [-0.3, -0.25) is 24.2 Å². The Morgan fingerprint density at radius 2 is 1.77 bits per heavy atom. The lowest BCUT2D eigenvalue weighted by molar-refractivity contribution is -0.146. The summed E-state index contributed by atoms with van der Waals surface area (Å²) in [5, 5.41) is 8.78. The summed E-state index contributed by atoms with van der Waals surface area (Å²) in [7, 11) is 0. The molecule has 26 heavy (non-hydrogen) atoms. The van der Waals surface area contributed by atoms with E-state index in [0.29, 0.717) is 38.3 Å². The summed E-state index contributed by atoms with van der Waals surface area (Å²) in [6.45, 7) is 2.30. The Labute approximate surface area is 150 Å². The van der Waals surface area contributed by atoms with Gasteiger partial charge in [-0.25, -0.2) is 4.39 Å². The fourth-order valence-electron chi connectivity index (χ4n) is 3.18. The first-order valence-electron chi connectivity index (χ1n) is 8.50. The van der Waals surface area contributed by atoms with Crippen molar-refractivity contribution in [1.29, 1.82) is 5.26 Å². The highest BCUT2D eigenvalue weighted by Gasteiger charge is 2.32. The molecule has 0 aliphatic carbocycles. The number of carbonyl (C=O) groups is 3. The molecule has 0 atom stereocenters. The van der Waals surface area contributed by atoms with E-state index in [4.69, 9.17) is 5.26 Å². The van der Waals surface area contributed by atoms with Crippen molar-refractivity contribution in [3.05, 3.63) is 35.1 Å². The Morgan fingerprint density at radius 1 is 1.12 bits per heavy atom. The van der Waals surface area contributed by atoms with E-state index < -0.39 is 5.82 Å². The summed E-state index contributed by atoms with van der Waals surface area (Å²) in [4.78, 5) is 40.2. The van der Waals surface area contributed by atoms with Crippen LogP contribution in [0.1, 0.15) is 24.0 Å². The third-order valence-electron chi connectivity index (χ3n) is 4.75. The number of piperazine rings is 1. The van der Waals surface area contributed by atoms with E-state index in [1.54, 1.807) is 17.0 Å². The molecule has 0 bridgehead atoms. The average Bonchev–Trinajstić information content (AvgIpc) is 2.96. The van der Waals surface area contributed by atoms with Crippen LogP contribution in [0.25, 0.3) is 0 Å². The van der Waals surface area contributed by atoms with E-state index in [1.807, 2.05) is 11.0 Å². The van der Waals surface area contributed by atoms with Gasteiger partial charge in [0, 0.05) is 51.1 Å². The van der Waals surface area contributed by atoms with Gasteiger partial charge in [0.25, 0.3) is 0 Å². The topological polar surface area (TPSA) is 84.7 Å². The summed E-state index contributed by atoms with van der Waals surface area (Å²) in [6, 6.07) is 6.32. The predicted molar refractivity (Wildman–Crippen MR) is 88.9 cm³/mol. The Balaban J connectivity index is 1.51. The van der Waals surface area contributed by atoms with Crippen LogP contribution in [-0.2, 0) is 20.9 Å². The Hall–Kier alpha value is -2.79. The van der Waals surface area contributed by atoms with Crippen LogP contribution in [-0.4, -0.2) is 65.1 Å². The molecule has 7 nitrogen and oxygen atoms in total. The minimum absolute atomic E-state index is 0.177. The van der Waals surface area contributed by atoms with Crippen molar-refractivity contribution in [1.82, 2.24) is 14.7 Å². The molecule has 136 valence electrons. The number of halogens is 1. The molecule has 3 rings (SSSR count). The molecule has 1 aromatic rings.